The van der Waals surface area contributed by atoms with Crippen LogP contribution in [0, 0.1) is 5.92 Å². The second-order valence-corrected chi connectivity index (χ2v) is 9.95. The number of amides is 2. The highest BCUT2D eigenvalue weighted by atomic mass is 16.5. The van der Waals surface area contributed by atoms with Crippen molar-refractivity contribution in [3.8, 4) is 5.75 Å². The Labute approximate surface area is 226 Å². The molecule has 0 atom stereocenters. The molecule has 38 heavy (non-hydrogen) atoms. The Bertz CT molecular complexity index is 1170. The van der Waals surface area contributed by atoms with E-state index in [0.717, 1.165) is 41.8 Å². The number of methoxy groups -OCH3 is 2. The van der Waals surface area contributed by atoms with Gasteiger partial charge in [-0.05, 0) is 54.7 Å². The highest BCUT2D eigenvalue weighted by Crippen LogP contribution is 2.28. The summed E-state index contributed by atoms with van der Waals surface area (Å²) in [6.07, 6.45) is 5.67. The Balaban J connectivity index is 1.52. The minimum Gasteiger partial charge on any atom is -0.497 e. The Kier molecular flexibility index (Phi) is 9.98. The van der Waals surface area contributed by atoms with Gasteiger partial charge in [0.05, 0.1) is 20.2 Å². The largest absolute Gasteiger partial charge is 0.497 e. The summed E-state index contributed by atoms with van der Waals surface area (Å²) in [6.45, 7) is 2.79. The molecule has 2 amide bonds. The number of carbonyl (C=O) groups excluding carboxylic acids is 2. The summed E-state index contributed by atoms with van der Waals surface area (Å²) in [4.78, 5) is 30.6. The summed E-state index contributed by atoms with van der Waals surface area (Å²) < 4.78 is 12.8. The third-order valence-electron chi connectivity index (χ3n) is 7.20. The summed E-state index contributed by atoms with van der Waals surface area (Å²) in [5.41, 5.74) is 3.22. The second-order valence-electron chi connectivity index (χ2n) is 9.95. The Morgan fingerprint density at radius 2 is 1.71 bits per heavy atom. The molecule has 1 fully saturated rings. The van der Waals surface area contributed by atoms with Gasteiger partial charge in [0.25, 0.3) is 0 Å². The Morgan fingerprint density at radius 3 is 2.42 bits per heavy atom. The number of nitrogens with zero attached hydrogens (tertiary/aromatic N) is 3. The molecule has 0 bridgehead atoms. The molecule has 7 heteroatoms. The number of hydrogen-bond donors (Lipinski definition) is 0. The molecule has 0 N–H and O–H groups in total. The van der Waals surface area contributed by atoms with Crippen molar-refractivity contribution in [3.63, 3.8) is 0 Å². The molecular weight excluding hydrogens is 478 g/mol. The molecule has 0 radical (unpaired) electrons. The molecule has 0 unspecified atom stereocenters. The van der Waals surface area contributed by atoms with E-state index < -0.39 is 0 Å². The molecule has 202 valence electrons. The lowest BCUT2D eigenvalue weighted by atomic mass is 9.84. The van der Waals surface area contributed by atoms with Crippen LogP contribution in [0.5, 0.6) is 5.75 Å². The maximum Gasteiger partial charge on any atom is 0.242 e. The highest BCUT2D eigenvalue weighted by Gasteiger charge is 2.31. The predicted octanol–water partition coefficient (Wildman–Crippen LogP) is 4.74. The summed E-state index contributed by atoms with van der Waals surface area (Å²) in [5.74, 6) is 0.921. The van der Waals surface area contributed by atoms with E-state index >= 15 is 0 Å². The van der Waals surface area contributed by atoms with Gasteiger partial charge in [-0.15, -0.1) is 0 Å². The fourth-order valence-electron chi connectivity index (χ4n) is 4.79. The molecule has 1 aliphatic carbocycles. The van der Waals surface area contributed by atoms with Crippen LogP contribution in [0.2, 0.25) is 0 Å². The SMILES string of the molecule is COCCCN(CC(=O)N(Cc1ccccc1)Cc1cccn1Cc1cccc(OC)c1)C(=O)C1CCC1. The topological polar surface area (TPSA) is 64.0 Å². The maximum absolute atomic E-state index is 13.8. The monoisotopic (exact) mass is 517 g/mol. The van der Waals surface area contributed by atoms with Gasteiger partial charge in [-0.2, -0.15) is 0 Å². The summed E-state index contributed by atoms with van der Waals surface area (Å²) in [5, 5.41) is 0. The van der Waals surface area contributed by atoms with Gasteiger partial charge < -0.3 is 23.8 Å². The van der Waals surface area contributed by atoms with E-state index in [9.17, 15) is 9.59 Å². The second kappa shape index (κ2) is 13.8. The van der Waals surface area contributed by atoms with Gasteiger partial charge in [0, 0.05) is 51.2 Å². The molecule has 1 aliphatic rings. The van der Waals surface area contributed by atoms with E-state index in [1.807, 2.05) is 65.7 Å². The van der Waals surface area contributed by atoms with Crippen molar-refractivity contribution in [2.24, 2.45) is 5.92 Å². The maximum atomic E-state index is 13.8. The van der Waals surface area contributed by atoms with Crippen LogP contribution < -0.4 is 4.74 Å². The standard InChI is InChI=1S/C31H39N3O4/c1-37-19-9-18-33(31(36)27-13-7-14-27)24-30(35)34(21-25-10-4-3-5-11-25)23-28-15-8-17-32(28)22-26-12-6-16-29(20-26)38-2/h3-6,8,10-12,15-17,20,27H,7,9,13-14,18-19,21-24H2,1-2H3. The first-order valence-electron chi connectivity index (χ1n) is 13.4. The Hall–Kier alpha value is -3.58. The van der Waals surface area contributed by atoms with Gasteiger partial charge in [0.2, 0.25) is 11.8 Å². The minimum atomic E-state index is -0.0481. The number of benzene rings is 2. The highest BCUT2D eigenvalue weighted by molar-refractivity contribution is 5.86. The van der Waals surface area contributed by atoms with E-state index in [1.54, 1.807) is 19.1 Å². The van der Waals surface area contributed by atoms with Gasteiger partial charge in [-0.3, -0.25) is 9.59 Å². The quantitative estimate of drug-likeness (QED) is 0.290. The molecule has 1 heterocycles. The van der Waals surface area contributed by atoms with E-state index in [0.29, 0.717) is 39.2 Å². The first kappa shape index (κ1) is 27.5. The van der Waals surface area contributed by atoms with Crippen LogP contribution in [0.4, 0.5) is 0 Å². The molecule has 1 saturated carbocycles. The molecule has 7 nitrogen and oxygen atoms in total. The van der Waals surface area contributed by atoms with Gasteiger partial charge in [0.1, 0.15) is 5.75 Å². The predicted molar refractivity (Wildman–Crippen MR) is 148 cm³/mol. The van der Waals surface area contributed by atoms with Gasteiger partial charge >= 0.3 is 0 Å². The van der Waals surface area contributed by atoms with Crippen LogP contribution in [0.1, 0.15) is 42.5 Å². The van der Waals surface area contributed by atoms with Gasteiger partial charge in [0.15, 0.2) is 0 Å². The molecule has 4 rings (SSSR count). The summed E-state index contributed by atoms with van der Waals surface area (Å²) >= 11 is 0. The number of carbonyl (C=O) groups is 2. The van der Waals surface area contributed by atoms with Crippen molar-refractivity contribution >= 4 is 11.8 Å². The van der Waals surface area contributed by atoms with E-state index in [-0.39, 0.29) is 24.3 Å². The van der Waals surface area contributed by atoms with Crippen LogP contribution >= 0.6 is 0 Å². The number of rotatable bonds is 14. The first-order valence-corrected chi connectivity index (χ1v) is 13.4. The zero-order chi connectivity index (χ0) is 26.7. The molecule has 0 aliphatic heterocycles. The van der Waals surface area contributed by atoms with E-state index in [1.165, 1.54) is 0 Å². The van der Waals surface area contributed by atoms with Crippen molar-refractivity contribution in [2.75, 3.05) is 33.9 Å². The average molecular weight is 518 g/mol. The van der Waals surface area contributed by atoms with Gasteiger partial charge in [-0.25, -0.2) is 0 Å². The van der Waals surface area contributed by atoms with Crippen LogP contribution in [0.15, 0.2) is 72.9 Å². The number of aromatic nitrogens is 1. The molecular formula is C31H39N3O4. The molecule has 3 aromatic rings. The third kappa shape index (κ3) is 7.48. The fourth-order valence-corrected chi connectivity index (χ4v) is 4.79. The lowest BCUT2D eigenvalue weighted by molar-refractivity contribution is -0.145. The van der Waals surface area contributed by atoms with Gasteiger partial charge in [-0.1, -0.05) is 48.9 Å². The lowest BCUT2D eigenvalue weighted by Crippen LogP contribution is -2.46. The van der Waals surface area contributed by atoms with Crippen LogP contribution in [-0.2, 0) is 34.0 Å². The van der Waals surface area contributed by atoms with Crippen molar-refractivity contribution in [1.29, 1.82) is 0 Å². The zero-order valence-electron chi connectivity index (χ0n) is 22.6. The third-order valence-corrected chi connectivity index (χ3v) is 7.20. The van der Waals surface area contributed by atoms with Crippen LogP contribution in [-0.4, -0.2) is 60.1 Å². The fraction of sp³-hybridized carbons (Fsp3) is 0.419. The molecule has 0 spiro atoms. The molecule has 2 aromatic carbocycles. The minimum absolute atomic E-state index is 0.0481. The molecule has 1 aromatic heterocycles. The van der Waals surface area contributed by atoms with Crippen molar-refractivity contribution < 1.29 is 19.1 Å². The number of hydrogen-bond acceptors (Lipinski definition) is 4. The van der Waals surface area contributed by atoms with Crippen molar-refractivity contribution in [2.45, 2.75) is 45.3 Å². The van der Waals surface area contributed by atoms with Crippen LogP contribution in [0.25, 0.3) is 0 Å². The lowest BCUT2D eigenvalue weighted by Gasteiger charge is -2.33. The normalized spacial score (nSPS) is 13.1. The average Bonchev–Trinajstić information content (AvgIpc) is 3.33. The zero-order valence-corrected chi connectivity index (χ0v) is 22.6. The summed E-state index contributed by atoms with van der Waals surface area (Å²) in [7, 11) is 3.33. The van der Waals surface area contributed by atoms with Crippen molar-refractivity contribution in [1.82, 2.24) is 14.4 Å². The van der Waals surface area contributed by atoms with Crippen molar-refractivity contribution in [3.05, 3.63) is 89.7 Å². The summed E-state index contributed by atoms with van der Waals surface area (Å²) in [6, 6.07) is 22.1. The van der Waals surface area contributed by atoms with Crippen LogP contribution in [0.3, 0.4) is 0 Å². The molecule has 0 saturated heterocycles. The van der Waals surface area contributed by atoms with E-state index in [4.69, 9.17) is 9.47 Å². The first-order chi connectivity index (χ1) is 18.6. The smallest absolute Gasteiger partial charge is 0.242 e. The Morgan fingerprint density at radius 1 is 0.921 bits per heavy atom. The van der Waals surface area contributed by atoms with E-state index in [2.05, 4.69) is 16.7 Å². The number of ether oxygens (including phenoxy) is 2.